The molecular weight excluding hydrogens is 230 g/mol. The van der Waals surface area contributed by atoms with Crippen LogP contribution in [0.4, 0.5) is 0 Å². The van der Waals surface area contributed by atoms with Crippen molar-refractivity contribution in [3.05, 3.63) is 0 Å². The Morgan fingerprint density at radius 2 is 1.88 bits per heavy atom. The molecule has 1 unspecified atom stereocenters. The fraction of sp³-hybridized carbons (Fsp3) is 0.800. The summed E-state index contributed by atoms with van der Waals surface area (Å²) in [5.41, 5.74) is 0. The lowest BCUT2D eigenvalue weighted by molar-refractivity contribution is -0.139. The SMILES string of the molecule is CN(C)C(=O)CC(=O)N(C)C1CCNC1.Cl. The molecule has 0 spiro atoms. The molecule has 1 aliphatic rings. The van der Waals surface area contributed by atoms with Crippen molar-refractivity contribution < 1.29 is 9.59 Å². The molecule has 6 heteroatoms. The Hall–Kier alpha value is -0.810. The first-order valence-electron chi connectivity index (χ1n) is 5.19. The molecule has 16 heavy (non-hydrogen) atoms. The smallest absolute Gasteiger partial charge is 0.232 e. The van der Waals surface area contributed by atoms with Crippen LogP contribution in [0.25, 0.3) is 0 Å². The molecule has 1 atom stereocenters. The second-order valence-electron chi connectivity index (χ2n) is 4.12. The van der Waals surface area contributed by atoms with Crippen LogP contribution in [0.2, 0.25) is 0 Å². The van der Waals surface area contributed by atoms with E-state index in [0.717, 1.165) is 19.5 Å². The van der Waals surface area contributed by atoms with Crippen LogP contribution in [0.3, 0.4) is 0 Å². The molecule has 1 saturated heterocycles. The molecule has 5 nitrogen and oxygen atoms in total. The summed E-state index contributed by atoms with van der Waals surface area (Å²) in [5.74, 6) is -0.236. The lowest BCUT2D eigenvalue weighted by atomic mass is 10.2. The van der Waals surface area contributed by atoms with Gasteiger partial charge in [-0.15, -0.1) is 12.4 Å². The van der Waals surface area contributed by atoms with E-state index in [2.05, 4.69) is 5.32 Å². The Labute approximate surface area is 103 Å². The summed E-state index contributed by atoms with van der Waals surface area (Å²) in [4.78, 5) is 26.2. The topological polar surface area (TPSA) is 52.7 Å². The highest BCUT2D eigenvalue weighted by molar-refractivity contribution is 5.96. The van der Waals surface area contributed by atoms with E-state index in [0.29, 0.717) is 0 Å². The molecule has 1 rings (SSSR count). The predicted octanol–water partition coefficient (Wildman–Crippen LogP) is -0.293. The van der Waals surface area contributed by atoms with E-state index in [4.69, 9.17) is 0 Å². The van der Waals surface area contributed by atoms with Gasteiger partial charge >= 0.3 is 0 Å². The number of hydrogen-bond acceptors (Lipinski definition) is 3. The van der Waals surface area contributed by atoms with Crippen molar-refractivity contribution >= 4 is 24.2 Å². The summed E-state index contributed by atoms with van der Waals surface area (Å²) in [5, 5.41) is 3.19. The molecule has 0 aliphatic carbocycles. The van der Waals surface area contributed by atoms with Crippen LogP contribution in [0, 0.1) is 0 Å². The lowest BCUT2D eigenvalue weighted by Gasteiger charge is -2.24. The number of amides is 2. The van der Waals surface area contributed by atoms with Gasteiger partial charge in [-0.2, -0.15) is 0 Å². The van der Waals surface area contributed by atoms with Crippen LogP contribution < -0.4 is 5.32 Å². The quantitative estimate of drug-likeness (QED) is 0.700. The minimum absolute atomic E-state index is 0. The van der Waals surface area contributed by atoms with Gasteiger partial charge in [0.15, 0.2) is 0 Å². The maximum absolute atomic E-state index is 11.7. The molecule has 1 fully saturated rings. The molecule has 2 amide bonds. The Morgan fingerprint density at radius 3 is 2.31 bits per heavy atom. The van der Waals surface area contributed by atoms with Crippen LogP contribution in [0.1, 0.15) is 12.8 Å². The third-order valence-corrected chi connectivity index (χ3v) is 2.78. The number of hydrogen-bond donors (Lipinski definition) is 1. The summed E-state index contributed by atoms with van der Waals surface area (Å²) in [6.07, 6.45) is 0.943. The van der Waals surface area contributed by atoms with Crippen molar-refractivity contribution in [3.8, 4) is 0 Å². The van der Waals surface area contributed by atoms with Gasteiger partial charge in [-0.05, 0) is 13.0 Å². The molecule has 1 N–H and O–H groups in total. The molecule has 0 bridgehead atoms. The van der Waals surface area contributed by atoms with Crippen molar-refractivity contribution in [2.75, 3.05) is 34.2 Å². The van der Waals surface area contributed by atoms with Crippen molar-refractivity contribution in [3.63, 3.8) is 0 Å². The van der Waals surface area contributed by atoms with Crippen LogP contribution in [-0.4, -0.2) is 61.9 Å². The Balaban J connectivity index is 0.00000225. The normalized spacial score (nSPS) is 18.8. The number of nitrogens with one attached hydrogen (secondary N) is 1. The minimum Gasteiger partial charge on any atom is -0.348 e. The number of nitrogens with zero attached hydrogens (tertiary/aromatic N) is 2. The summed E-state index contributed by atoms with van der Waals surface area (Å²) < 4.78 is 0. The van der Waals surface area contributed by atoms with Gasteiger partial charge in [0.25, 0.3) is 0 Å². The highest BCUT2D eigenvalue weighted by Crippen LogP contribution is 2.07. The minimum atomic E-state index is -0.141. The molecule has 1 heterocycles. The number of carbonyl (C=O) groups is 2. The number of likely N-dealkylation sites (N-methyl/N-ethyl adjacent to an activating group) is 1. The van der Waals surface area contributed by atoms with Crippen molar-refractivity contribution in [2.24, 2.45) is 0 Å². The van der Waals surface area contributed by atoms with Crippen LogP contribution in [-0.2, 0) is 9.59 Å². The zero-order valence-electron chi connectivity index (χ0n) is 10.0. The first kappa shape index (κ1) is 15.2. The van der Waals surface area contributed by atoms with E-state index in [1.165, 1.54) is 4.90 Å². The van der Waals surface area contributed by atoms with Crippen LogP contribution in [0.15, 0.2) is 0 Å². The molecule has 0 aromatic rings. The third-order valence-electron chi connectivity index (χ3n) is 2.78. The van der Waals surface area contributed by atoms with Gasteiger partial charge in [-0.1, -0.05) is 0 Å². The maximum Gasteiger partial charge on any atom is 0.232 e. The highest BCUT2D eigenvalue weighted by Gasteiger charge is 2.24. The van der Waals surface area contributed by atoms with Gasteiger partial charge in [0.2, 0.25) is 11.8 Å². The van der Waals surface area contributed by atoms with Crippen LogP contribution in [0.5, 0.6) is 0 Å². The van der Waals surface area contributed by atoms with E-state index >= 15 is 0 Å². The Morgan fingerprint density at radius 1 is 1.25 bits per heavy atom. The molecular formula is C10H20ClN3O2. The zero-order chi connectivity index (χ0) is 11.4. The third kappa shape index (κ3) is 3.98. The van der Waals surface area contributed by atoms with E-state index < -0.39 is 0 Å². The molecule has 0 saturated carbocycles. The number of rotatable bonds is 3. The maximum atomic E-state index is 11.7. The average Bonchev–Trinajstić information content (AvgIpc) is 2.68. The summed E-state index contributed by atoms with van der Waals surface area (Å²) >= 11 is 0. The highest BCUT2D eigenvalue weighted by atomic mass is 35.5. The van der Waals surface area contributed by atoms with Gasteiger partial charge in [0, 0.05) is 33.7 Å². The molecule has 0 aromatic heterocycles. The Kier molecular flexibility index (Phi) is 6.36. The summed E-state index contributed by atoms with van der Waals surface area (Å²) in [7, 11) is 5.09. The van der Waals surface area contributed by atoms with Gasteiger partial charge in [0.1, 0.15) is 6.42 Å². The second-order valence-corrected chi connectivity index (χ2v) is 4.12. The summed E-state index contributed by atoms with van der Waals surface area (Å²) in [6.45, 7) is 1.78. The van der Waals surface area contributed by atoms with Crippen LogP contribution >= 0.6 is 12.4 Å². The summed E-state index contributed by atoms with van der Waals surface area (Å²) in [6, 6.07) is 0.243. The first-order valence-corrected chi connectivity index (χ1v) is 5.19. The molecule has 1 aliphatic heterocycles. The van der Waals surface area contributed by atoms with Crippen molar-refractivity contribution in [2.45, 2.75) is 18.9 Å². The fourth-order valence-electron chi connectivity index (χ4n) is 1.59. The number of halogens is 1. The van der Waals surface area contributed by atoms with Gasteiger partial charge in [0.05, 0.1) is 0 Å². The van der Waals surface area contributed by atoms with E-state index in [9.17, 15) is 9.59 Å². The lowest BCUT2D eigenvalue weighted by Crippen LogP contribution is -2.40. The standard InChI is InChI=1S/C10H19N3O2.ClH/c1-12(2)9(14)6-10(15)13(3)8-4-5-11-7-8;/h8,11H,4-7H2,1-3H3;1H. The molecule has 0 radical (unpaired) electrons. The van der Waals surface area contributed by atoms with E-state index in [-0.39, 0.29) is 36.7 Å². The number of carbonyl (C=O) groups excluding carboxylic acids is 2. The van der Waals surface area contributed by atoms with E-state index in [1.807, 2.05) is 0 Å². The van der Waals surface area contributed by atoms with Gasteiger partial charge < -0.3 is 15.1 Å². The molecule has 94 valence electrons. The van der Waals surface area contributed by atoms with Crippen molar-refractivity contribution in [1.82, 2.24) is 15.1 Å². The van der Waals surface area contributed by atoms with Crippen molar-refractivity contribution in [1.29, 1.82) is 0 Å². The zero-order valence-corrected chi connectivity index (χ0v) is 10.8. The van der Waals surface area contributed by atoms with E-state index in [1.54, 1.807) is 26.0 Å². The first-order chi connectivity index (χ1) is 7.02. The largest absolute Gasteiger partial charge is 0.348 e. The average molecular weight is 250 g/mol. The second kappa shape index (κ2) is 6.70. The fourth-order valence-corrected chi connectivity index (χ4v) is 1.59. The monoisotopic (exact) mass is 249 g/mol. The predicted molar refractivity (Wildman–Crippen MR) is 64.6 cm³/mol. The van der Waals surface area contributed by atoms with Gasteiger partial charge in [-0.25, -0.2) is 0 Å². The Bertz CT molecular complexity index is 252. The van der Waals surface area contributed by atoms with Gasteiger partial charge in [-0.3, -0.25) is 9.59 Å². The molecule has 0 aromatic carbocycles.